The molecule has 0 bridgehead atoms. The van der Waals surface area contributed by atoms with Gasteiger partial charge in [-0.15, -0.1) is 0 Å². The first-order valence-electron chi connectivity index (χ1n) is 5.18. The van der Waals surface area contributed by atoms with Gasteiger partial charge in [0.05, 0.1) is 12.0 Å². The number of rotatable bonds is 6. The van der Waals surface area contributed by atoms with E-state index < -0.39 is 0 Å². The summed E-state index contributed by atoms with van der Waals surface area (Å²) in [6.45, 7) is 3.74. The second kappa shape index (κ2) is 10.4. The Morgan fingerprint density at radius 1 is 1.42 bits per heavy atom. The average molecular weight is 405 g/mol. The second-order valence-electron chi connectivity index (χ2n) is 3.64. The van der Waals surface area contributed by atoms with E-state index in [4.69, 9.17) is 0 Å². The fourth-order valence-corrected chi connectivity index (χ4v) is 2.37. The van der Waals surface area contributed by atoms with Crippen LogP contribution in [0.25, 0.3) is 0 Å². The number of hydrogen-bond acceptors (Lipinski definition) is 5. The molecule has 0 radical (unpaired) electrons. The normalized spacial score (nSPS) is 9.89. The van der Waals surface area contributed by atoms with E-state index in [0.29, 0.717) is 6.42 Å². The largest absolute Gasteiger partial charge is 1.00 e. The topological polar surface area (TPSA) is 70.6 Å². The number of anilines is 1. The van der Waals surface area contributed by atoms with Crippen LogP contribution in [0.2, 0.25) is 0 Å². The van der Waals surface area contributed by atoms with Crippen molar-refractivity contribution in [1.82, 2.24) is 0 Å². The van der Waals surface area contributed by atoms with Gasteiger partial charge in [-0.1, -0.05) is 22.6 Å². The van der Waals surface area contributed by atoms with Crippen molar-refractivity contribution in [3.63, 3.8) is 0 Å². The van der Waals surface area contributed by atoms with Crippen LogP contribution in [-0.4, -0.2) is 10.3 Å². The van der Waals surface area contributed by atoms with Crippen molar-refractivity contribution in [2.45, 2.75) is 25.2 Å². The minimum atomic E-state index is -0.00792. The maximum atomic E-state index is 11.5. The molecule has 0 heterocycles. The molecule has 0 aliphatic rings. The minimum absolute atomic E-state index is 0. The summed E-state index contributed by atoms with van der Waals surface area (Å²) in [4.78, 5) is 12.3. The molecule has 1 N–H and O–H groups in total. The van der Waals surface area contributed by atoms with Gasteiger partial charge in [-0.3, -0.25) is 9.83 Å². The SMILES string of the molecule is Cc1cc(SOO[O-])c(C)cc1NC(=O)CCI.[Na+]. The summed E-state index contributed by atoms with van der Waals surface area (Å²) in [5.41, 5.74) is 2.57. The van der Waals surface area contributed by atoms with Crippen LogP contribution < -0.4 is 40.1 Å². The van der Waals surface area contributed by atoms with Crippen LogP contribution >= 0.6 is 34.6 Å². The molecule has 1 rings (SSSR count). The van der Waals surface area contributed by atoms with Gasteiger partial charge in [0.25, 0.3) is 0 Å². The number of amides is 1. The summed E-state index contributed by atoms with van der Waals surface area (Å²) in [5.74, 6) is -0.00792. The molecule has 0 atom stereocenters. The van der Waals surface area contributed by atoms with Crippen LogP contribution in [0.1, 0.15) is 17.5 Å². The molecule has 0 unspecified atom stereocenters. The number of aryl methyl sites for hydroxylation is 2. The monoisotopic (exact) mass is 405 g/mol. The van der Waals surface area contributed by atoms with E-state index in [-0.39, 0.29) is 35.5 Å². The zero-order chi connectivity index (χ0) is 13.5. The van der Waals surface area contributed by atoms with Gasteiger partial charge in [0, 0.05) is 21.4 Å². The maximum Gasteiger partial charge on any atom is 1.00 e. The molecular weight excluding hydrogens is 392 g/mol. The number of benzene rings is 1. The Morgan fingerprint density at radius 2 is 2.11 bits per heavy atom. The molecule has 0 spiro atoms. The predicted molar refractivity (Wildman–Crippen MR) is 76.1 cm³/mol. The first-order valence-corrected chi connectivity index (χ1v) is 7.45. The van der Waals surface area contributed by atoms with Crippen LogP contribution in [-0.2, 0) is 14.2 Å². The standard InChI is InChI=1S/C11H14INO4S.Na/c1-7-6-10(18-17-16-15)8(2)5-9(7)13-11(14)3-4-12;/h5-6,15H,3-4H2,1-2H3,(H,13,14);/q;+1/p-1. The molecule has 8 heteroatoms. The first-order chi connectivity index (χ1) is 8.58. The number of alkyl halides is 1. The van der Waals surface area contributed by atoms with Crippen molar-refractivity contribution in [2.24, 2.45) is 0 Å². The van der Waals surface area contributed by atoms with E-state index in [0.717, 1.165) is 38.2 Å². The van der Waals surface area contributed by atoms with Gasteiger partial charge in [0.2, 0.25) is 5.91 Å². The summed E-state index contributed by atoms with van der Waals surface area (Å²) >= 11 is 3.01. The Bertz CT molecular complexity index is 433. The zero-order valence-corrected chi connectivity index (χ0v) is 16.0. The predicted octanol–water partition coefficient (Wildman–Crippen LogP) is -0.698. The van der Waals surface area contributed by atoms with Crippen LogP contribution in [0.15, 0.2) is 17.0 Å². The number of hydrogen-bond donors (Lipinski definition) is 1. The number of halogens is 1. The number of carbonyl (C=O) groups is 1. The summed E-state index contributed by atoms with van der Waals surface area (Å²) < 4.78 is 5.07. The van der Waals surface area contributed by atoms with E-state index in [1.54, 1.807) is 0 Å². The van der Waals surface area contributed by atoms with Gasteiger partial charge in [-0.05, 0) is 37.1 Å². The Morgan fingerprint density at radius 3 is 2.68 bits per heavy atom. The van der Waals surface area contributed by atoms with E-state index in [2.05, 4.69) is 37.3 Å². The van der Waals surface area contributed by atoms with Gasteiger partial charge in [0.15, 0.2) is 0 Å². The molecule has 0 fully saturated rings. The zero-order valence-electron chi connectivity index (χ0n) is 11.0. The van der Waals surface area contributed by atoms with Crippen molar-refractivity contribution >= 4 is 46.2 Å². The van der Waals surface area contributed by atoms with Crippen molar-refractivity contribution in [2.75, 3.05) is 9.74 Å². The molecule has 19 heavy (non-hydrogen) atoms. The second-order valence-corrected chi connectivity index (χ2v) is 5.46. The molecule has 1 aromatic rings. The van der Waals surface area contributed by atoms with Crippen molar-refractivity contribution in [1.29, 1.82) is 0 Å². The van der Waals surface area contributed by atoms with Crippen LogP contribution in [0.5, 0.6) is 0 Å². The summed E-state index contributed by atoms with van der Waals surface area (Å²) in [6.07, 6.45) is 0.489. The van der Waals surface area contributed by atoms with Crippen molar-refractivity contribution in [3.8, 4) is 0 Å². The Kier molecular flexibility index (Phi) is 10.7. The van der Waals surface area contributed by atoms with Gasteiger partial charge >= 0.3 is 29.6 Å². The Hall–Kier alpha value is 0.650. The molecule has 100 valence electrons. The van der Waals surface area contributed by atoms with E-state index >= 15 is 0 Å². The van der Waals surface area contributed by atoms with Gasteiger partial charge in [-0.2, -0.15) is 4.33 Å². The van der Waals surface area contributed by atoms with Crippen molar-refractivity contribution in [3.05, 3.63) is 23.3 Å². The smallest absolute Gasteiger partial charge is 0.691 e. The fraction of sp³-hybridized carbons (Fsp3) is 0.364. The molecule has 5 nitrogen and oxygen atoms in total. The summed E-state index contributed by atoms with van der Waals surface area (Å²) in [5, 5.41) is 15.9. The van der Waals surface area contributed by atoms with Gasteiger partial charge in [0.1, 0.15) is 0 Å². The molecule has 1 aromatic carbocycles. The van der Waals surface area contributed by atoms with E-state index in [1.165, 1.54) is 0 Å². The fourth-order valence-electron chi connectivity index (χ4n) is 1.36. The third-order valence-electron chi connectivity index (χ3n) is 2.27. The number of nitrogens with one attached hydrogen (secondary N) is 1. The van der Waals surface area contributed by atoms with Crippen LogP contribution in [0.3, 0.4) is 0 Å². The summed E-state index contributed by atoms with van der Waals surface area (Å²) in [6, 6.07) is 3.68. The first kappa shape index (κ1) is 19.7. The summed E-state index contributed by atoms with van der Waals surface area (Å²) in [7, 11) is 0. The van der Waals surface area contributed by atoms with Crippen molar-refractivity contribution < 1.29 is 49.0 Å². The Labute approximate surface area is 152 Å². The Balaban J connectivity index is 0.00000324. The maximum absolute atomic E-state index is 11.5. The minimum Gasteiger partial charge on any atom is -0.691 e. The molecule has 0 aliphatic carbocycles. The van der Waals surface area contributed by atoms with Gasteiger partial charge < -0.3 is 10.6 Å². The molecular formula is C11H13INNaO4S. The van der Waals surface area contributed by atoms with Crippen LogP contribution in [0, 0.1) is 13.8 Å². The molecule has 0 aliphatic heterocycles. The quantitative estimate of drug-likeness (QED) is 0.169. The molecule has 1 amide bonds. The van der Waals surface area contributed by atoms with E-state index in [9.17, 15) is 10.1 Å². The average Bonchev–Trinajstić information content (AvgIpc) is 2.32. The third kappa shape index (κ3) is 6.76. The molecule has 0 aromatic heterocycles. The van der Waals surface area contributed by atoms with Gasteiger partial charge in [-0.25, -0.2) is 0 Å². The van der Waals surface area contributed by atoms with E-state index in [1.807, 2.05) is 26.0 Å². The number of carbonyl (C=O) groups excluding carboxylic acids is 1. The molecule has 0 saturated heterocycles. The molecule has 0 saturated carbocycles. The van der Waals surface area contributed by atoms with Crippen LogP contribution in [0.4, 0.5) is 5.69 Å². The third-order valence-corrected chi connectivity index (χ3v) is 3.55.